The van der Waals surface area contributed by atoms with Gasteiger partial charge in [-0.3, -0.25) is 9.48 Å². The summed E-state index contributed by atoms with van der Waals surface area (Å²) in [6.45, 7) is 4.62. The molecule has 182 valence electrons. The number of ether oxygens (including phenoxy) is 1. The second-order valence-corrected chi connectivity index (χ2v) is 10.4. The van der Waals surface area contributed by atoms with Gasteiger partial charge in [-0.25, -0.2) is 8.42 Å². The van der Waals surface area contributed by atoms with Gasteiger partial charge in [0.05, 0.1) is 35.2 Å². The molecule has 10 heteroatoms. The van der Waals surface area contributed by atoms with Crippen LogP contribution in [0.5, 0.6) is 5.75 Å². The van der Waals surface area contributed by atoms with E-state index in [-0.39, 0.29) is 42.8 Å². The van der Waals surface area contributed by atoms with Crippen molar-refractivity contribution in [2.45, 2.75) is 37.6 Å². The van der Waals surface area contributed by atoms with Crippen LogP contribution >= 0.6 is 0 Å². The predicted molar refractivity (Wildman–Crippen MR) is 126 cm³/mol. The molecule has 3 aromatic rings. The van der Waals surface area contributed by atoms with Crippen molar-refractivity contribution in [1.29, 1.82) is 0 Å². The van der Waals surface area contributed by atoms with E-state index in [9.17, 15) is 23.4 Å². The number of aliphatic hydroxyl groups excluding tert-OH is 1. The minimum absolute atomic E-state index is 0.0419. The molecule has 2 atom stereocenters. The summed E-state index contributed by atoms with van der Waals surface area (Å²) in [7, 11) is -3.83. The standard InChI is InChI=1S/C24H29N3O6S/c1-3-33-18-8-9-23(17(12-18)10-11-28)34(31,32)26-14-16(2)22(15-26)27-21-7-5-4-6-19(21)20(25-27)13-24(29)30/h4-9,12,16,22,28H,3,10-11,13-15H2,1-2H3,(H,29,30)/t16-,22+/m1/s1. The van der Waals surface area contributed by atoms with Crippen LogP contribution in [0.1, 0.15) is 31.1 Å². The molecule has 1 aliphatic heterocycles. The van der Waals surface area contributed by atoms with E-state index in [1.807, 2.05) is 38.1 Å². The number of nitrogens with zero attached hydrogens (tertiary/aromatic N) is 3. The smallest absolute Gasteiger partial charge is 0.309 e. The van der Waals surface area contributed by atoms with Crippen molar-refractivity contribution < 1.29 is 28.2 Å². The quantitative estimate of drug-likeness (QED) is 0.475. The van der Waals surface area contributed by atoms with Crippen molar-refractivity contribution >= 4 is 26.9 Å². The predicted octanol–water partition coefficient (Wildman–Crippen LogP) is 2.48. The molecule has 0 radical (unpaired) electrons. The lowest BCUT2D eigenvalue weighted by molar-refractivity contribution is -0.136. The van der Waals surface area contributed by atoms with Crippen molar-refractivity contribution in [2.24, 2.45) is 5.92 Å². The summed E-state index contributed by atoms with van der Waals surface area (Å²) in [6, 6.07) is 12.0. The van der Waals surface area contributed by atoms with Gasteiger partial charge in [0.15, 0.2) is 0 Å². The van der Waals surface area contributed by atoms with Crippen LogP contribution in [0, 0.1) is 5.92 Å². The van der Waals surface area contributed by atoms with Crippen LogP contribution in [0.25, 0.3) is 10.9 Å². The molecule has 1 aromatic heterocycles. The Bertz CT molecular complexity index is 1300. The molecule has 0 unspecified atom stereocenters. The largest absolute Gasteiger partial charge is 0.494 e. The van der Waals surface area contributed by atoms with Gasteiger partial charge >= 0.3 is 5.97 Å². The van der Waals surface area contributed by atoms with E-state index in [1.165, 1.54) is 10.4 Å². The molecule has 4 rings (SSSR count). The number of carboxylic acid groups (broad SMARTS) is 1. The fraction of sp³-hybridized carbons (Fsp3) is 0.417. The van der Waals surface area contributed by atoms with Crippen LogP contribution in [0.3, 0.4) is 0 Å². The molecule has 1 saturated heterocycles. The van der Waals surface area contributed by atoms with Crippen LogP contribution in [0.4, 0.5) is 0 Å². The molecule has 9 nitrogen and oxygen atoms in total. The molecular weight excluding hydrogens is 458 g/mol. The second-order valence-electron chi connectivity index (χ2n) is 8.52. The summed E-state index contributed by atoms with van der Waals surface area (Å²) in [5, 5.41) is 24.1. The summed E-state index contributed by atoms with van der Waals surface area (Å²) in [6.07, 6.45) is -0.00202. The highest BCUT2D eigenvalue weighted by Gasteiger charge is 2.40. The van der Waals surface area contributed by atoms with E-state index < -0.39 is 16.0 Å². The molecule has 0 spiro atoms. The van der Waals surface area contributed by atoms with Gasteiger partial charge in [0.25, 0.3) is 0 Å². The maximum Gasteiger partial charge on any atom is 0.309 e. The highest BCUT2D eigenvalue weighted by Crippen LogP contribution is 2.35. The lowest BCUT2D eigenvalue weighted by atomic mass is 10.1. The number of carbonyl (C=O) groups is 1. The van der Waals surface area contributed by atoms with Gasteiger partial charge in [-0.05, 0) is 49.1 Å². The van der Waals surface area contributed by atoms with E-state index in [0.717, 1.165) is 10.9 Å². The Labute approximate surface area is 198 Å². The number of aliphatic carboxylic acids is 1. The van der Waals surface area contributed by atoms with E-state index >= 15 is 0 Å². The van der Waals surface area contributed by atoms with Crippen LogP contribution in [0.2, 0.25) is 0 Å². The van der Waals surface area contributed by atoms with Gasteiger partial charge in [0.2, 0.25) is 10.0 Å². The first kappa shape index (κ1) is 24.2. The molecule has 0 amide bonds. The Kier molecular flexibility index (Phi) is 6.92. The molecular formula is C24H29N3O6S. The van der Waals surface area contributed by atoms with Crippen LogP contribution in [-0.4, -0.2) is 65.0 Å². The maximum atomic E-state index is 13.6. The molecule has 0 bridgehead atoms. The molecule has 1 fully saturated rings. The minimum Gasteiger partial charge on any atom is -0.494 e. The average Bonchev–Trinajstić information content (AvgIpc) is 3.35. The summed E-state index contributed by atoms with van der Waals surface area (Å²) < 4.78 is 36.0. The highest BCUT2D eigenvalue weighted by molar-refractivity contribution is 7.89. The fourth-order valence-corrected chi connectivity index (χ4v) is 6.41. The summed E-state index contributed by atoms with van der Waals surface area (Å²) >= 11 is 0. The normalized spacial score (nSPS) is 19.0. The lowest BCUT2D eigenvalue weighted by Crippen LogP contribution is -2.30. The molecule has 2 aromatic carbocycles. The first-order valence-corrected chi connectivity index (χ1v) is 12.7. The molecule has 34 heavy (non-hydrogen) atoms. The third-order valence-electron chi connectivity index (χ3n) is 6.20. The van der Waals surface area contributed by atoms with Crippen LogP contribution in [-0.2, 0) is 27.7 Å². The highest BCUT2D eigenvalue weighted by atomic mass is 32.2. The van der Waals surface area contributed by atoms with Gasteiger partial charge in [-0.15, -0.1) is 0 Å². The third-order valence-corrected chi connectivity index (χ3v) is 8.14. The SMILES string of the molecule is CCOc1ccc(S(=O)(=O)N2C[C@@H](C)[C@@H](n3nc(CC(=O)O)c4ccccc43)C2)c(CCO)c1. The Hall–Kier alpha value is -2.95. The van der Waals surface area contributed by atoms with Gasteiger partial charge in [-0.1, -0.05) is 25.1 Å². The topological polar surface area (TPSA) is 122 Å². The van der Waals surface area contributed by atoms with E-state index in [0.29, 0.717) is 30.2 Å². The number of aromatic nitrogens is 2. The van der Waals surface area contributed by atoms with Crippen molar-refractivity contribution in [2.75, 3.05) is 26.3 Å². The second kappa shape index (κ2) is 9.73. The van der Waals surface area contributed by atoms with E-state index in [4.69, 9.17) is 4.74 Å². The minimum atomic E-state index is -3.83. The molecule has 1 aliphatic rings. The van der Waals surface area contributed by atoms with Gasteiger partial charge in [-0.2, -0.15) is 9.40 Å². The van der Waals surface area contributed by atoms with Crippen LogP contribution < -0.4 is 4.74 Å². The number of fused-ring (bicyclic) bond motifs is 1. The van der Waals surface area contributed by atoms with Gasteiger partial charge in [0.1, 0.15) is 5.75 Å². The Balaban J connectivity index is 1.68. The van der Waals surface area contributed by atoms with Crippen molar-refractivity contribution in [3.05, 3.63) is 53.7 Å². The van der Waals surface area contributed by atoms with Gasteiger partial charge < -0.3 is 14.9 Å². The number of rotatable bonds is 9. The van der Waals surface area contributed by atoms with Gasteiger partial charge in [0, 0.05) is 25.1 Å². The summed E-state index contributed by atoms with van der Waals surface area (Å²) in [5.74, 6) is -0.447. The van der Waals surface area contributed by atoms with Crippen LogP contribution in [0.15, 0.2) is 47.4 Å². The van der Waals surface area contributed by atoms with Crippen molar-refractivity contribution in [3.8, 4) is 5.75 Å². The third kappa shape index (κ3) is 4.53. The molecule has 0 aliphatic carbocycles. The number of hydrogen-bond acceptors (Lipinski definition) is 6. The lowest BCUT2D eigenvalue weighted by Gasteiger charge is -2.20. The number of sulfonamides is 1. The molecule has 2 heterocycles. The molecule has 2 N–H and O–H groups in total. The Morgan fingerprint density at radius 1 is 1.21 bits per heavy atom. The summed E-state index contributed by atoms with van der Waals surface area (Å²) in [5.41, 5.74) is 1.77. The zero-order chi connectivity index (χ0) is 24.5. The number of aliphatic hydroxyl groups is 1. The summed E-state index contributed by atoms with van der Waals surface area (Å²) in [4.78, 5) is 11.5. The first-order chi connectivity index (χ1) is 16.3. The van der Waals surface area contributed by atoms with E-state index in [1.54, 1.807) is 16.8 Å². The number of benzene rings is 2. The monoisotopic (exact) mass is 487 g/mol. The zero-order valence-corrected chi connectivity index (χ0v) is 20.0. The zero-order valence-electron chi connectivity index (χ0n) is 19.2. The Morgan fingerprint density at radius 3 is 2.68 bits per heavy atom. The molecule has 0 saturated carbocycles. The average molecular weight is 488 g/mol. The van der Waals surface area contributed by atoms with Crippen molar-refractivity contribution in [3.63, 3.8) is 0 Å². The van der Waals surface area contributed by atoms with E-state index in [2.05, 4.69) is 5.10 Å². The number of hydrogen-bond donors (Lipinski definition) is 2. The van der Waals surface area contributed by atoms with Crippen molar-refractivity contribution in [1.82, 2.24) is 14.1 Å². The Morgan fingerprint density at radius 2 is 1.97 bits per heavy atom. The number of para-hydroxylation sites is 1. The fourth-order valence-electron chi connectivity index (χ4n) is 4.62. The first-order valence-electron chi connectivity index (χ1n) is 11.3. The maximum absolute atomic E-state index is 13.6. The number of carboxylic acids is 1.